The van der Waals surface area contributed by atoms with Gasteiger partial charge in [0.15, 0.2) is 5.82 Å². The molecule has 5 nitrogen and oxygen atoms in total. The van der Waals surface area contributed by atoms with E-state index < -0.39 is 0 Å². The van der Waals surface area contributed by atoms with E-state index in [0.717, 1.165) is 38.4 Å². The predicted octanol–water partition coefficient (Wildman–Crippen LogP) is 6.03. The highest BCUT2D eigenvalue weighted by Crippen LogP contribution is 2.36. The van der Waals surface area contributed by atoms with Crippen molar-refractivity contribution in [2.75, 3.05) is 0 Å². The molecule has 0 bridgehead atoms. The molecule has 0 fully saturated rings. The Morgan fingerprint density at radius 2 is 1.41 bits per heavy atom. The second-order valence-corrected chi connectivity index (χ2v) is 6.77. The Kier molecular flexibility index (Phi) is 3.99. The van der Waals surface area contributed by atoms with Gasteiger partial charge in [-0.2, -0.15) is 0 Å². The van der Waals surface area contributed by atoms with E-state index in [2.05, 4.69) is 4.98 Å². The van der Waals surface area contributed by atoms with E-state index in [1.54, 1.807) is 18.3 Å². The molecular formula is C24H15N3O2. The minimum Gasteiger partial charge on any atom is -0.258 e. The zero-order chi connectivity index (χ0) is 19.8. The van der Waals surface area contributed by atoms with Gasteiger partial charge in [-0.15, -0.1) is 0 Å². The third-order valence-electron chi connectivity index (χ3n) is 5.01. The molecule has 0 aliphatic carbocycles. The number of nitrogens with zero attached hydrogens (tertiary/aromatic N) is 3. The van der Waals surface area contributed by atoms with E-state index in [4.69, 9.17) is 4.98 Å². The standard InChI is InChI=1S/C24H15N3O2/c28-27(29)18-11-12-19-21(13-18)20(16-7-3-1-4-8-16)14-23-22(19)15-25-24(26-23)17-9-5-2-6-10-17/h1-15H. The van der Waals surface area contributed by atoms with Crippen molar-refractivity contribution in [3.8, 4) is 22.5 Å². The van der Waals surface area contributed by atoms with Crippen molar-refractivity contribution >= 4 is 27.4 Å². The van der Waals surface area contributed by atoms with Crippen molar-refractivity contribution < 1.29 is 4.92 Å². The first-order valence-electron chi connectivity index (χ1n) is 9.19. The van der Waals surface area contributed by atoms with Gasteiger partial charge in [0.05, 0.1) is 10.4 Å². The molecule has 29 heavy (non-hydrogen) atoms. The summed E-state index contributed by atoms with van der Waals surface area (Å²) in [5, 5.41) is 13.9. The molecule has 1 aromatic heterocycles. The molecule has 0 aliphatic heterocycles. The third-order valence-corrected chi connectivity index (χ3v) is 5.01. The number of fused-ring (bicyclic) bond motifs is 3. The van der Waals surface area contributed by atoms with Gasteiger partial charge in [0.2, 0.25) is 0 Å². The molecule has 5 rings (SSSR count). The van der Waals surface area contributed by atoms with E-state index >= 15 is 0 Å². The summed E-state index contributed by atoms with van der Waals surface area (Å²) in [6.07, 6.45) is 1.80. The Morgan fingerprint density at radius 1 is 0.724 bits per heavy atom. The van der Waals surface area contributed by atoms with E-state index in [1.807, 2.05) is 66.7 Å². The highest BCUT2D eigenvalue weighted by Gasteiger charge is 2.15. The molecule has 0 saturated heterocycles. The second-order valence-electron chi connectivity index (χ2n) is 6.77. The molecule has 0 saturated carbocycles. The lowest BCUT2D eigenvalue weighted by atomic mass is 9.95. The summed E-state index contributed by atoms with van der Waals surface area (Å²) in [5.41, 5.74) is 3.71. The molecule has 138 valence electrons. The quantitative estimate of drug-likeness (QED) is 0.219. The Hall–Kier alpha value is -4.12. The van der Waals surface area contributed by atoms with Crippen molar-refractivity contribution in [2.24, 2.45) is 0 Å². The van der Waals surface area contributed by atoms with E-state index in [0.29, 0.717) is 5.82 Å². The molecule has 0 unspecified atom stereocenters. The van der Waals surface area contributed by atoms with Crippen LogP contribution in [0.5, 0.6) is 0 Å². The molecule has 5 aromatic rings. The summed E-state index contributed by atoms with van der Waals surface area (Å²) >= 11 is 0. The van der Waals surface area contributed by atoms with E-state index in [9.17, 15) is 10.1 Å². The molecule has 0 amide bonds. The predicted molar refractivity (Wildman–Crippen MR) is 115 cm³/mol. The van der Waals surface area contributed by atoms with Crippen LogP contribution < -0.4 is 0 Å². The summed E-state index contributed by atoms with van der Waals surface area (Å²) in [5.74, 6) is 0.651. The average molecular weight is 377 g/mol. The minimum absolute atomic E-state index is 0.0656. The van der Waals surface area contributed by atoms with Crippen molar-refractivity contribution in [1.82, 2.24) is 9.97 Å². The minimum atomic E-state index is -0.368. The smallest absolute Gasteiger partial charge is 0.258 e. The summed E-state index contributed by atoms with van der Waals surface area (Å²) in [4.78, 5) is 20.3. The van der Waals surface area contributed by atoms with Crippen LogP contribution in [-0.2, 0) is 0 Å². The van der Waals surface area contributed by atoms with Gasteiger partial charge in [0.1, 0.15) is 0 Å². The number of nitro groups is 1. The summed E-state index contributed by atoms with van der Waals surface area (Å²) in [7, 11) is 0. The van der Waals surface area contributed by atoms with E-state index in [-0.39, 0.29) is 10.6 Å². The number of benzene rings is 4. The fraction of sp³-hybridized carbons (Fsp3) is 0. The SMILES string of the molecule is O=[N+]([O-])c1ccc2c(c1)c(-c1ccccc1)cc1nc(-c3ccccc3)ncc12. The van der Waals surface area contributed by atoms with Gasteiger partial charge in [-0.05, 0) is 34.0 Å². The molecule has 1 heterocycles. The Labute approximate surface area is 166 Å². The van der Waals surface area contributed by atoms with Crippen LogP contribution in [0, 0.1) is 10.1 Å². The number of aromatic nitrogens is 2. The van der Waals surface area contributed by atoms with Crippen LogP contribution in [0.15, 0.2) is 91.1 Å². The Balaban J connectivity index is 1.84. The third kappa shape index (κ3) is 2.99. The molecule has 0 aliphatic rings. The molecule has 0 N–H and O–H groups in total. The number of hydrogen-bond donors (Lipinski definition) is 0. The van der Waals surface area contributed by atoms with Gasteiger partial charge < -0.3 is 0 Å². The van der Waals surface area contributed by atoms with E-state index in [1.165, 1.54) is 6.07 Å². The lowest BCUT2D eigenvalue weighted by Gasteiger charge is -2.11. The van der Waals surface area contributed by atoms with Crippen LogP contribution in [0.4, 0.5) is 5.69 Å². The number of hydrogen-bond acceptors (Lipinski definition) is 4. The number of nitro benzene ring substituents is 1. The van der Waals surface area contributed by atoms with Crippen LogP contribution in [0.25, 0.3) is 44.2 Å². The first-order valence-corrected chi connectivity index (χ1v) is 9.19. The van der Waals surface area contributed by atoms with Gasteiger partial charge in [-0.25, -0.2) is 9.97 Å². The maximum atomic E-state index is 11.3. The van der Waals surface area contributed by atoms with Gasteiger partial charge >= 0.3 is 0 Å². The monoisotopic (exact) mass is 377 g/mol. The van der Waals surface area contributed by atoms with Gasteiger partial charge in [-0.3, -0.25) is 10.1 Å². The van der Waals surface area contributed by atoms with Crippen molar-refractivity contribution in [2.45, 2.75) is 0 Å². The largest absolute Gasteiger partial charge is 0.270 e. The van der Waals surface area contributed by atoms with Crippen molar-refractivity contribution in [3.05, 3.63) is 101 Å². The lowest BCUT2D eigenvalue weighted by molar-refractivity contribution is -0.384. The van der Waals surface area contributed by atoms with Gasteiger partial charge in [-0.1, -0.05) is 60.7 Å². The molecule has 4 aromatic carbocycles. The average Bonchev–Trinajstić information content (AvgIpc) is 2.79. The molecular weight excluding hydrogens is 362 g/mol. The van der Waals surface area contributed by atoms with Crippen LogP contribution in [0.3, 0.4) is 0 Å². The van der Waals surface area contributed by atoms with Gasteiger partial charge in [0, 0.05) is 29.3 Å². The zero-order valence-corrected chi connectivity index (χ0v) is 15.3. The maximum absolute atomic E-state index is 11.3. The Bertz CT molecular complexity index is 1370. The number of rotatable bonds is 3. The highest BCUT2D eigenvalue weighted by molar-refractivity contribution is 6.13. The molecule has 0 atom stereocenters. The van der Waals surface area contributed by atoms with Crippen molar-refractivity contribution in [1.29, 1.82) is 0 Å². The lowest BCUT2D eigenvalue weighted by Crippen LogP contribution is -1.94. The van der Waals surface area contributed by atoms with Crippen LogP contribution >= 0.6 is 0 Å². The molecule has 0 spiro atoms. The summed E-state index contributed by atoms with van der Waals surface area (Å²) in [6.45, 7) is 0. The van der Waals surface area contributed by atoms with Crippen LogP contribution in [0.2, 0.25) is 0 Å². The summed E-state index contributed by atoms with van der Waals surface area (Å²) in [6, 6.07) is 26.6. The van der Waals surface area contributed by atoms with Crippen LogP contribution in [-0.4, -0.2) is 14.9 Å². The zero-order valence-electron chi connectivity index (χ0n) is 15.3. The fourth-order valence-electron chi connectivity index (χ4n) is 3.61. The first-order chi connectivity index (χ1) is 14.2. The van der Waals surface area contributed by atoms with Gasteiger partial charge in [0.25, 0.3) is 5.69 Å². The topological polar surface area (TPSA) is 68.9 Å². The maximum Gasteiger partial charge on any atom is 0.270 e. The number of non-ortho nitro benzene ring substituents is 1. The van der Waals surface area contributed by atoms with Crippen LogP contribution in [0.1, 0.15) is 0 Å². The highest BCUT2D eigenvalue weighted by atomic mass is 16.6. The first kappa shape index (κ1) is 17.0. The second kappa shape index (κ2) is 6.80. The molecule has 5 heteroatoms. The fourth-order valence-corrected chi connectivity index (χ4v) is 3.61. The summed E-state index contributed by atoms with van der Waals surface area (Å²) < 4.78 is 0. The normalized spacial score (nSPS) is 11.0. The van der Waals surface area contributed by atoms with Crippen molar-refractivity contribution in [3.63, 3.8) is 0 Å². The molecule has 0 radical (unpaired) electrons. The Morgan fingerprint density at radius 3 is 2.10 bits per heavy atom.